The molecule has 1 aliphatic rings. The van der Waals surface area contributed by atoms with Crippen molar-refractivity contribution >= 4 is 18.0 Å². The number of carbonyl (C=O) groups excluding carboxylic acids is 2. The zero-order valence-electron chi connectivity index (χ0n) is 19.3. The first-order valence-electron chi connectivity index (χ1n) is 11.4. The third-order valence-corrected chi connectivity index (χ3v) is 6.04. The second kappa shape index (κ2) is 10.9. The Morgan fingerprint density at radius 1 is 1.06 bits per heavy atom. The molecule has 9 heteroatoms. The molecule has 3 aromatic rings. The maximum atomic E-state index is 12.4. The number of alkyl carbamates (subject to hydrolysis) is 1. The van der Waals surface area contributed by atoms with Gasteiger partial charge in [-0.2, -0.15) is 0 Å². The van der Waals surface area contributed by atoms with Crippen LogP contribution in [0.1, 0.15) is 53.1 Å². The second-order valence-electron chi connectivity index (χ2n) is 8.55. The summed E-state index contributed by atoms with van der Waals surface area (Å²) >= 11 is 0. The summed E-state index contributed by atoms with van der Waals surface area (Å²) in [6.45, 7) is 2.23. The molecule has 2 aromatic carbocycles. The summed E-state index contributed by atoms with van der Waals surface area (Å²) in [5, 5.41) is 14.1. The van der Waals surface area contributed by atoms with E-state index in [1.54, 1.807) is 6.92 Å². The number of aromatic nitrogens is 1. The molecule has 0 saturated heterocycles. The first-order valence-corrected chi connectivity index (χ1v) is 11.4. The van der Waals surface area contributed by atoms with Crippen LogP contribution in [0.2, 0.25) is 0 Å². The quantitative estimate of drug-likeness (QED) is 0.403. The molecule has 35 heavy (non-hydrogen) atoms. The number of rotatable bonds is 10. The standard InChI is InChI=1S/C26H27N3O6/c1-16(12-23(30)31)10-11-27-25(32)24-22(35-15-29-24)13-28-26(33)34-14-21-19-8-4-2-6-17(19)18-7-3-5-9-20(18)21/h2-9,15-16,21H,10-14H2,1H3,(H,27,32)(H,28,33)(H,30,31). The van der Waals surface area contributed by atoms with Crippen LogP contribution in [0, 0.1) is 5.92 Å². The van der Waals surface area contributed by atoms with Gasteiger partial charge in [0.05, 0.1) is 6.54 Å². The van der Waals surface area contributed by atoms with Gasteiger partial charge in [0.2, 0.25) is 0 Å². The highest BCUT2D eigenvalue weighted by molar-refractivity contribution is 5.93. The van der Waals surface area contributed by atoms with Gasteiger partial charge in [-0.15, -0.1) is 0 Å². The summed E-state index contributed by atoms with van der Waals surface area (Å²) in [6, 6.07) is 16.2. The minimum atomic E-state index is -0.873. The van der Waals surface area contributed by atoms with Crippen molar-refractivity contribution in [1.82, 2.24) is 15.6 Å². The fourth-order valence-electron chi connectivity index (χ4n) is 4.30. The van der Waals surface area contributed by atoms with Crippen LogP contribution in [-0.2, 0) is 16.1 Å². The van der Waals surface area contributed by atoms with E-state index >= 15 is 0 Å². The van der Waals surface area contributed by atoms with Crippen molar-refractivity contribution in [3.63, 3.8) is 0 Å². The van der Waals surface area contributed by atoms with Crippen molar-refractivity contribution in [2.75, 3.05) is 13.2 Å². The first-order chi connectivity index (χ1) is 16.9. The lowest BCUT2D eigenvalue weighted by molar-refractivity contribution is -0.138. The normalized spacial score (nSPS) is 12.9. The molecule has 182 valence electrons. The molecule has 0 fully saturated rings. The monoisotopic (exact) mass is 477 g/mol. The van der Waals surface area contributed by atoms with Gasteiger partial charge in [-0.3, -0.25) is 9.59 Å². The number of benzene rings is 2. The Balaban J connectivity index is 1.28. The van der Waals surface area contributed by atoms with Crippen molar-refractivity contribution in [1.29, 1.82) is 0 Å². The average Bonchev–Trinajstić information content (AvgIpc) is 3.44. The molecule has 4 rings (SSSR count). The number of amides is 2. The number of oxazole rings is 1. The molecule has 0 spiro atoms. The van der Waals surface area contributed by atoms with Crippen LogP contribution < -0.4 is 10.6 Å². The number of aliphatic carboxylic acids is 1. The van der Waals surface area contributed by atoms with Crippen LogP contribution in [-0.4, -0.2) is 41.2 Å². The largest absolute Gasteiger partial charge is 0.481 e. The predicted octanol–water partition coefficient (Wildman–Crippen LogP) is 3.94. The number of hydrogen-bond acceptors (Lipinski definition) is 6. The number of fused-ring (bicyclic) bond motifs is 3. The van der Waals surface area contributed by atoms with E-state index in [4.69, 9.17) is 14.3 Å². The van der Waals surface area contributed by atoms with Crippen molar-refractivity contribution < 1.29 is 28.6 Å². The molecule has 0 radical (unpaired) electrons. The number of carboxylic acids is 1. The van der Waals surface area contributed by atoms with E-state index in [0.717, 1.165) is 28.6 Å². The predicted molar refractivity (Wildman–Crippen MR) is 127 cm³/mol. The van der Waals surface area contributed by atoms with Crippen molar-refractivity contribution in [3.05, 3.63) is 77.5 Å². The number of carboxylic acid groups (broad SMARTS) is 1. The Morgan fingerprint density at radius 3 is 2.37 bits per heavy atom. The molecule has 1 atom stereocenters. The van der Waals surface area contributed by atoms with E-state index in [1.165, 1.54) is 0 Å². The van der Waals surface area contributed by atoms with Crippen LogP contribution >= 0.6 is 0 Å². The molecule has 0 saturated carbocycles. The third kappa shape index (κ3) is 5.68. The van der Waals surface area contributed by atoms with E-state index in [2.05, 4.69) is 27.8 Å². The second-order valence-corrected chi connectivity index (χ2v) is 8.55. The SMILES string of the molecule is CC(CCNC(=O)c1ncoc1CNC(=O)OCC1c2ccccc2-c2ccccc21)CC(=O)O. The summed E-state index contributed by atoms with van der Waals surface area (Å²) in [5.41, 5.74) is 4.59. The lowest BCUT2D eigenvalue weighted by atomic mass is 9.98. The first kappa shape index (κ1) is 24.0. The molecule has 3 N–H and O–H groups in total. The molecular formula is C26H27N3O6. The van der Waals surface area contributed by atoms with E-state index in [9.17, 15) is 14.4 Å². The Labute approximate surface area is 202 Å². The van der Waals surface area contributed by atoms with E-state index in [-0.39, 0.29) is 42.9 Å². The number of carbonyl (C=O) groups is 3. The summed E-state index contributed by atoms with van der Waals surface area (Å²) in [7, 11) is 0. The number of nitrogens with one attached hydrogen (secondary N) is 2. The lowest BCUT2D eigenvalue weighted by Crippen LogP contribution is -2.29. The fraction of sp³-hybridized carbons (Fsp3) is 0.308. The molecule has 0 bridgehead atoms. The molecule has 0 aliphatic heterocycles. The van der Waals surface area contributed by atoms with E-state index in [1.807, 2.05) is 36.4 Å². The van der Waals surface area contributed by atoms with Gasteiger partial charge in [-0.1, -0.05) is 55.5 Å². The number of hydrogen-bond donors (Lipinski definition) is 3. The molecule has 2 amide bonds. The van der Waals surface area contributed by atoms with E-state index in [0.29, 0.717) is 13.0 Å². The molecule has 1 heterocycles. The Hall–Kier alpha value is -4.14. The summed E-state index contributed by atoms with van der Waals surface area (Å²) in [4.78, 5) is 39.5. The van der Waals surface area contributed by atoms with Gasteiger partial charge in [0.15, 0.2) is 17.8 Å². The number of nitrogens with zero attached hydrogens (tertiary/aromatic N) is 1. The van der Waals surface area contributed by atoms with Crippen LogP contribution in [0.3, 0.4) is 0 Å². The smallest absolute Gasteiger partial charge is 0.407 e. The van der Waals surface area contributed by atoms with Crippen LogP contribution in [0.25, 0.3) is 11.1 Å². The lowest BCUT2D eigenvalue weighted by Gasteiger charge is -2.14. The van der Waals surface area contributed by atoms with Gasteiger partial charge in [0, 0.05) is 18.9 Å². The van der Waals surface area contributed by atoms with Crippen LogP contribution in [0.5, 0.6) is 0 Å². The van der Waals surface area contributed by atoms with Gasteiger partial charge < -0.3 is 24.9 Å². The topological polar surface area (TPSA) is 131 Å². The minimum Gasteiger partial charge on any atom is -0.481 e. The molecule has 1 aliphatic carbocycles. The molecule has 1 unspecified atom stereocenters. The van der Waals surface area contributed by atoms with Crippen molar-refractivity contribution in [2.45, 2.75) is 32.2 Å². The molecular weight excluding hydrogens is 450 g/mol. The van der Waals surface area contributed by atoms with E-state index < -0.39 is 18.0 Å². The zero-order chi connectivity index (χ0) is 24.8. The van der Waals surface area contributed by atoms with Crippen LogP contribution in [0.4, 0.5) is 4.79 Å². The highest BCUT2D eigenvalue weighted by Crippen LogP contribution is 2.44. The van der Waals surface area contributed by atoms with Gasteiger partial charge in [0.25, 0.3) is 5.91 Å². The minimum absolute atomic E-state index is 0.0368. The van der Waals surface area contributed by atoms with Crippen LogP contribution in [0.15, 0.2) is 59.3 Å². The molecule has 1 aromatic heterocycles. The Morgan fingerprint density at radius 2 is 1.71 bits per heavy atom. The Bertz CT molecular complexity index is 1180. The van der Waals surface area contributed by atoms with Crippen molar-refractivity contribution in [2.24, 2.45) is 5.92 Å². The molecule has 9 nitrogen and oxygen atoms in total. The van der Waals surface area contributed by atoms with Gasteiger partial charge in [0.1, 0.15) is 6.61 Å². The fourth-order valence-corrected chi connectivity index (χ4v) is 4.30. The summed E-state index contributed by atoms with van der Waals surface area (Å²) in [5.74, 6) is -1.25. The highest BCUT2D eigenvalue weighted by atomic mass is 16.5. The average molecular weight is 478 g/mol. The zero-order valence-corrected chi connectivity index (χ0v) is 19.3. The van der Waals surface area contributed by atoms with Crippen molar-refractivity contribution in [3.8, 4) is 11.1 Å². The van der Waals surface area contributed by atoms with Gasteiger partial charge >= 0.3 is 12.1 Å². The summed E-state index contributed by atoms with van der Waals surface area (Å²) < 4.78 is 10.8. The van der Waals surface area contributed by atoms with Gasteiger partial charge in [-0.05, 0) is 34.6 Å². The highest BCUT2D eigenvalue weighted by Gasteiger charge is 2.29. The third-order valence-electron chi connectivity index (χ3n) is 6.04. The summed E-state index contributed by atoms with van der Waals surface area (Å²) in [6.07, 6.45) is 1.06. The number of ether oxygens (including phenoxy) is 1. The van der Waals surface area contributed by atoms with Gasteiger partial charge in [-0.25, -0.2) is 9.78 Å². The maximum Gasteiger partial charge on any atom is 0.407 e. The maximum absolute atomic E-state index is 12.4. The Kier molecular flexibility index (Phi) is 7.45.